The summed E-state index contributed by atoms with van der Waals surface area (Å²) in [6.45, 7) is 2.71. The fraction of sp³-hybridized carbons (Fsp3) is 0.200. The average molecular weight is 395 g/mol. The van der Waals surface area contributed by atoms with E-state index < -0.39 is 6.43 Å². The molecule has 0 aliphatic heterocycles. The molecule has 9 heteroatoms. The summed E-state index contributed by atoms with van der Waals surface area (Å²) in [5.41, 5.74) is 4.47. The summed E-state index contributed by atoms with van der Waals surface area (Å²) >= 11 is 0. The lowest BCUT2D eigenvalue weighted by atomic mass is 10.1. The summed E-state index contributed by atoms with van der Waals surface area (Å²) in [5.74, 6) is 0.134. The van der Waals surface area contributed by atoms with E-state index >= 15 is 0 Å². The Bertz CT molecular complexity index is 1090. The molecule has 0 atom stereocenters. The lowest BCUT2D eigenvalue weighted by molar-refractivity contribution is 0.146. The zero-order valence-electron chi connectivity index (χ0n) is 15.7. The quantitative estimate of drug-likeness (QED) is 0.488. The van der Waals surface area contributed by atoms with E-state index in [0.29, 0.717) is 0 Å². The highest BCUT2D eigenvalue weighted by Gasteiger charge is 2.11. The van der Waals surface area contributed by atoms with Crippen molar-refractivity contribution in [3.05, 3.63) is 72.1 Å². The number of anilines is 2. The molecular weight excluding hydrogens is 376 g/mol. The highest BCUT2D eigenvalue weighted by molar-refractivity contribution is 5.70. The Balaban J connectivity index is 1.52. The third kappa shape index (κ3) is 4.63. The van der Waals surface area contributed by atoms with Gasteiger partial charge < -0.3 is 5.32 Å². The van der Waals surface area contributed by atoms with Gasteiger partial charge in [-0.3, -0.25) is 9.78 Å². The van der Waals surface area contributed by atoms with Crippen LogP contribution in [0.1, 0.15) is 23.2 Å². The topological polar surface area (TPSA) is 84.3 Å². The van der Waals surface area contributed by atoms with Crippen LogP contribution < -0.4 is 5.32 Å². The number of nitrogens with zero attached hydrogens (tertiary/aromatic N) is 5. The number of rotatable bonds is 7. The lowest BCUT2D eigenvalue weighted by Crippen LogP contribution is -2.01. The molecule has 4 rings (SSSR count). The van der Waals surface area contributed by atoms with Crippen LogP contribution in [0.2, 0.25) is 0 Å². The zero-order chi connectivity index (χ0) is 20.2. The molecule has 7 nitrogen and oxygen atoms in total. The van der Waals surface area contributed by atoms with Gasteiger partial charge in [-0.15, -0.1) is 0 Å². The Morgan fingerprint density at radius 2 is 2.07 bits per heavy atom. The predicted octanol–water partition coefficient (Wildman–Crippen LogP) is 4.30. The van der Waals surface area contributed by atoms with Gasteiger partial charge in [-0.2, -0.15) is 10.2 Å². The normalized spacial score (nSPS) is 11.2. The molecule has 2 N–H and O–H groups in total. The van der Waals surface area contributed by atoms with Gasteiger partial charge >= 0.3 is 0 Å². The smallest absolute Gasteiger partial charge is 0.280 e. The predicted molar refractivity (Wildman–Crippen MR) is 105 cm³/mol. The third-order valence-electron chi connectivity index (χ3n) is 4.39. The summed E-state index contributed by atoms with van der Waals surface area (Å²) in [4.78, 5) is 7.88. The molecule has 0 spiro atoms. The summed E-state index contributed by atoms with van der Waals surface area (Å²) < 4.78 is 27.6. The molecule has 0 saturated heterocycles. The van der Waals surface area contributed by atoms with Gasteiger partial charge in [-0.05, 0) is 48.2 Å². The van der Waals surface area contributed by atoms with Gasteiger partial charge in [-0.1, -0.05) is 6.07 Å². The standard InChI is InChI=1S/C20H19F2N7/c1-13-6-15(16-11-26-29(12-16)5-3-14-9-24-25-10-14)8-17(7-13)27-20-23-4-2-18(28-20)19(21)22/h2,4,6-12,19H,3,5H2,1H3,(H,24,25)(H,23,27,28). The maximum absolute atomic E-state index is 12.9. The van der Waals surface area contributed by atoms with Crippen LogP contribution in [-0.4, -0.2) is 29.9 Å². The second-order valence-electron chi connectivity index (χ2n) is 6.67. The van der Waals surface area contributed by atoms with E-state index in [0.717, 1.165) is 40.9 Å². The largest absolute Gasteiger partial charge is 0.324 e. The second kappa shape index (κ2) is 8.17. The van der Waals surface area contributed by atoms with Gasteiger partial charge in [0.25, 0.3) is 6.43 Å². The molecular formula is C20H19F2N7. The van der Waals surface area contributed by atoms with E-state index in [-0.39, 0.29) is 11.6 Å². The fourth-order valence-corrected chi connectivity index (χ4v) is 3.00. The molecule has 0 saturated carbocycles. The molecule has 3 aromatic heterocycles. The van der Waals surface area contributed by atoms with E-state index in [2.05, 4.69) is 30.6 Å². The SMILES string of the molecule is Cc1cc(Nc2nccc(C(F)F)n2)cc(-c2cnn(CCc3cn[nH]c3)c2)c1. The fourth-order valence-electron chi connectivity index (χ4n) is 3.00. The molecule has 0 bridgehead atoms. The maximum atomic E-state index is 12.9. The van der Waals surface area contributed by atoms with Crippen LogP contribution in [0.25, 0.3) is 11.1 Å². The number of benzene rings is 1. The number of H-pyrrole nitrogens is 1. The minimum Gasteiger partial charge on any atom is -0.324 e. The average Bonchev–Trinajstić information content (AvgIpc) is 3.38. The van der Waals surface area contributed by atoms with Gasteiger partial charge in [0.15, 0.2) is 0 Å². The summed E-state index contributed by atoms with van der Waals surface area (Å²) in [7, 11) is 0. The monoisotopic (exact) mass is 395 g/mol. The molecule has 148 valence electrons. The van der Waals surface area contributed by atoms with Gasteiger partial charge in [0.2, 0.25) is 5.95 Å². The van der Waals surface area contributed by atoms with Crippen molar-refractivity contribution in [2.75, 3.05) is 5.32 Å². The van der Waals surface area contributed by atoms with Crippen molar-refractivity contribution in [3.63, 3.8) is 0 Å². The highest BCUT2D eigenvalue weighted by Crippen LogP contribution is 2.26. The van der Waals surface area contributed by atoms with E-state index in [1.807, 2.05) is 48.4 Å². The minimum atomic E-state index is -2.64. The molecule has 0 radical (unpaired) electrons. The van der Waals surface area contributed by atoms with Gasteiger partial charge in [0.1, 0.15) is 5.69 Å². The van der Waals surface area contributed by atoms with Crippen LogP contribution in [0.4, 0.5) is 20.4 Å². The number of aromatic amines is 1. The molecule has 1 aromatic carbocycles. The summed E-state index contributed by atoms with van der Waals surface area (Å²) in [6.07, 6.45) is 6.96. The van der Waals surface area contributed by atoms with Crippen LogP contribution in [0.15, 0.2) is 55.2 Å². The number of alkyl halides is 2. The number of aryl methyl sites for hydroxylation is 3. The Labute approximate surface area is 165 Å². The van der Waals surface area contributed by atoms with E-state index in [4.69, 9.17) is 0 Å². The zero-order valence-corrected chi connectivity index (χ0v) is 15.7. The van der Waals surface area contributed by atoms with Crippen molar-refractivity contribution in [2.45, 2.75) is 26.3 Å². The Kier molecular flexibility index (Phi) is 5.28. The van der Waals surface area contributed by atoms with Gasteiger partial charge in [0.05, 0.1) is 12.4 Å². The van der Waals surface area contributed by atoms with E-state index in [1.54, 1.807) is 6.20 Å². The number of halogens is 2. The molecule has 29 heavy (non-hydrogen) atoms. The van der Waals surface area contributed by atoms with Crippen molar-refractivity contribution in [2.24, 2.45) is 0 Å². The molecule has 0 aliphatic rings. The first-order valence-corrected chi connectivity index (χ1v) is 9.07. The molecule has 0 aliphatic carbocycles. The van der Waals surface area contributed by atoms with E-state index in [9.17, 15) is 8.78 Å². The summed E-state index contributed by atoms with van der Waals surface area (Å²) in [6, 6.07) is 7.07. The van der Waals surface area contributed by atoms with Gasteiger partial charge in [-0.25, -0.2) is 18.7 Å². The Morgan fingerprint density at radius 1 is 1.17 bits per heavy atom. The number of nitrogens with one attached hydrogen (secondary N) is 2. The first-order valence-electron chi connectivity index (χ1n) is 9.07. The minimum absolute atomic E-state index is 0.134. The molecule has 0 amide bonds. The van der Waals surface area contributed by atoms with E-state index in [1.165, 1.54) is 12.3 Å². The summed E-state index contributed by atoms with van der Waals surface area (Å²) in [5, 5.41) is 14.2. The van der Waals surface area contributed by atoms with Crippen LogP contribution >= 0.6 is 0 Å². The first-order chi connectivity index (χ1) is 14.1. The second-order valence-corrected chi connectivity index (χ2v) is 6.67. The van der Waals surface area contributed by atoms with Crippen LogP contribution in [0.5, 0.6) is 0 Å². The Hall–Kier alpha value is -3.62. The van der Waals surface area contributed by atoms with Crippen LogP contribution in [0, 0.1) is 6.92 Å². The first kappa shape index (κ1) is 18.7. The van der Waals surface area contributed by atoms with Crippen molar-refractivity contribution < 1.29 is 8.78 Å². The third-order valence-corrected chi connectivity index (χ3v) is 4.39. The number of hydrogen-bond acceptors (Lipinski definition) is 5. The van der Waals surface area contributed by atoms with Crippen molar-refractivity contribution >= 4 is 11.6 Å². The molecule has 0 unspecified atom stereocenters. The maximum Gasteiger partial charge on any atom is 0.280 e. The molecule has 0 fully saturated rings. The van der Waals surface area contributed by atoms with Crippen molar-refractivity contribution in [3.8, 4) is 11.1 Å². The number of aromatic nitrogens is 6. The van der Waals surface area contributed by atoms with Crippen molar-refractivity contribution in [1.82, 2.24) is 29.9 Å². The van der Waals surface area contributed by atoms with Gasteiger partial charge in [0, 0.05) is 36.4 Å². The molecule has 3 heterocycles. The van der Waals surface area contributed by atoms with Crippen LogP contribution in [0.3, 0.4) is 0 Å². The van der Waals surface area contributed by atoms with Crippen LogP contribution in [-0.2, 0) is 13.0 Å². The number of hydrogen-bond donors (Lipinski definition) is 2. The van der Waals surface area contributed by atoms with Crippen molar-refractivity contribution in [1.29, 1.82) is 0 Å². The highest BCUT2D eigenvalue weighted by atomic mass is 19.3. The Morgan fingerprint density at radius 3 is 2.86 bits per heavy atom. The lowest BCUT2D eigenvalue weighted by Gasteiger charge is -2.09. The molecule has 4 aromatic rings.